The Balaban J connectivity index is 2.14. The second-order valence-electron chi connectivity index (χ2n) is 5.08. The van der Waals surface area contributed by atoms with Gasteiger partial charge >= 0.3 is 5.97 Å². The summed E-state index contributed by atoms with van der Waals surface area (Å²) in [6.07, 6.45) is -1.25. The molecule has 0 radical (unpaired) electrons. The molecule has 0 spiro atoms. The fourth-order valence-corrected chi connectivity index (χ4v) is 2.45. The fraction of sp³-hybridized carbons (Fsp3) is 0.125. The molecule has 10 heteroatoms. The SMILES string of the molecule is CC(OC(=O)c1cc(Cl)ccc1[N+](=O)[O-])C(=O)Nc1cc(Cl)ccc1Cl. The molecule has 1 atom stereocenters. The van der Waals surface area contributed by atoms with Crippen molar-refractivity contribution < 1.29 is 19.2 Å². The van der Waals surface area contributed by atoms with Gasteiger partial charge in [-0.25, -0.2) is 4.79 Å². The van der Waals surface area contributed by atoms with Crippen LogP contribution >= 0.6 is 34.8 Å². The first-order valence-corrected chi connectivity index (χ1v) is 8.23. The predicted molar refractivity (Wildman–Crippen MR) is 98.1 cm³/mol. The van der Waals surface area contributed by atoms with Crippen molar-refractivity contribution in [3.8, 4) is 0 Å². The van der Waals surface area contributed by atoms with Crippen LogP contribution in [0.1, 0.15) is 17.3 Å². The summed E-state index contributed by atoms with van der Waals surface area (Å²) in [7, 11) is 0. The Bertz CT molecular complexity index is 888. The van der Waals surface area contributed by atoms with E-state index in [1.165, 1.54) is 25.1 Å². The molecule has 1 N–H and O–H groups in total. The third-order valence-electron chi connectivity index (χ3n) is 3.21. The van der Waals surface area contributed by atoms with Gasteiger partial charge in [0.25, 0.3) is 11.6 Å². The van der Waals surface area contributed by atoms with E-state index in [9.17, 15) is 19.7 Å². The number of nitrogens with zero attached hydrogens (tertiary/aromatic N) is 1. The smallest absolute Gasteiger partial charge is 0.345 e. The maximum atomic E-state index is 12.2. The molecule has 136 valence electrons. The maximum absolute atomic E-state index is 12.2. The van der Waals surface area contributed by atoms with Crippen molar-refractivity contribution in [2.75, 3.05) is 5.32 Å². The highest BCUT2D eigenvalue weighted by Gasteiger charge is 2.26. The maximum Gasteiger partial charge on any atom is 0.345 e. The van der Waals surface area contributed by atoms with Gasteiger partial charge in [-0.2, -0.15) is 0 Å². The molecule has 0 saturated carbocycles. The summed E-state index contributed by atoms with van der Waals surface area (Å²) < 4.78 is 5.00. The van der Waals surface area contributed by atoms with Crippen molar-refractivity contribution in [1.29, 1.82) is 0 Å². The van der Waals surface area contributed by atoms with Crippen molar-refractivity contribution >= 4 is 58.1 Å². The van der Waals surface area contributed by atoms with Gasteiger partial charge in [-0.1, -0.05) is 34.8 Å². The lowest BCUT2D eigenvalue weighted by atomic mass is 10.2. The highest BCUT2D eigenvalue weighted by Crippen LogP contribution is 2.26. The summed E-state index contributed by atoms with van der Waals surface area (Å²) in [5, 5.41) is 14.2. The van der Waals surface area contributed by atoms with Crippen LogP contribution in [0.25, 0.3) is 0 Å². The summed E-state index contributed by atoms with van der Waals surface area (Å²) in [5.74, 6) is -1.74. The number of nitro groups is 1. The topological polar surface area (TPSA) is 98.5 Å². The zero-order valence-electron chi connectivity index (χ0n) is 13.2. The van der Waals surface area contributed by atoms with Crippen molar-refractivity contribution in [3.63, 3.8) is 0 Å². The van der Waals surface area contributed by atoms with E-state index in [1.807, 2.05) is 0 Å². The Kier molecular flexibility index (Phi) is 6.42. The lowest BCUT2D eigenvalue weighted by molar-refractivity contribution is -0.385. The van der Waals surface area contributed by atoms with Gasteiger partial charge in [0.1, 0.15) is 5.56 Å². The Morgan fingerprint density at radius 1 is 1.12 bits per heavy atom. The molecule has 2 aromatic carbocycles. The molecule has 0 bridgehead atoms. The average molecular weight is 418 g/mol. The van der Waals surface area contributed by atoms with Crippen LogP contribution in [0.3, 0.4) is 0 Å². The van der Waals surface area contributed by atoms with Gasteiger partial charge < -0.3 is 10.1 Å². The van der Waals surface area contributed by atoms with E-state index in [4.69, 9.17) is 39.5 Å². The molecule has 0 aliphatic carbocycles. The standard InChI is InChI=1S/C16H11Cl3N2O5/c1-8(15(22)20-13-7-10(18)2-4-12(13)19)26-16(23)11-6-9(17)3-5-14(11)21(24)25/h2-8H,1H3,(H,20,22). The molecule has 0 fully saturated rings. The van der Waals surface area contributed by atoms with E-state index in [2.05, 4.69) is 5.32 Å². The van der Waals surface area contributed by atoms with Crippen molar-refractivity contribution in [2.45, 2.75) is 13.0 Å². The predicted octanol–water partition coefficient (Wildman–Crippen LogP) is 4.74. The number of carbonyl (C=O) groups excluding carboxylic acids is 2. The number of benzene rings is 2. The summed E-state index contributed by atoms with van der Waals surface area (Å²) in [5.41, 5.74) is -0.603. The van der Waals surface area contributed by atoms with Crippen LogP contribution in [-0.2, 0) is 9.53 Å². The summed E-state index contributed by atoms with van der Waals surface area (Å²) in [4.78, 5) is 34.6. The van der Waals surface area contributed by atoms with E-state index in [0.717, 1.165) is 12.1 Å². The van der Waals surface area contributed by atoms with E-state index >= 15 is 0 Å². The minimum Gasteiger partial charge on any atom is -0.449 e. The molecule has 0 aliphatic heterocycles. The number of nitrogens with one attached hydrogen (secondary N) is 1. The van der Waals surface area contributed by atoms with Gasteiger partial charge in [-0.15, -0.1) is 0 Å². The molecule has 0 aliphatic rings. The van der Waals surface area contributed by atoms with Crippen LogP contribution in [0.15, 0.2) is 36.4 Å². The number of hydrogen-bond acceptors (Lipinski definition) is 5. The summed E-state index contributed by atoms with van der Waals surface area (Å²) in [6, 6.07) is 7.91. The number of hydrogen-bond donors (Lipinski definition) is 1. The van der Waals surface area contributed by atoms with E-state index < -0.39 is 28.6 Å². The lowest BCUT2D eigenvalue weighted by Crippen LogP contribution is -2.30. The minimum absolute atomic E-state index is 0.116. The third kappa shape index (κ3) is 4.85. The van der Waals surface area contributed by atoms with Gasteiger partial charge in [0.2, 0.25) is 0 Å². The van der Waals surface area contributed by atoms with E-state index in [1.54, 1.807) is 6.07 Å². The molecule has 0 saturated heterocycles. The summed E-state index contributed by atoms with van der Waals surface area (Å²) >= 11 is 17.6. The number of halogens is 3. The van der Waals surface area contributed by atoms with Crippen LogP contribution < -0.4 is 5.32 Å². The molecule has 2 rings (SSSR count). The van der Waals surface area contributed by atoms with Crippen LogP contribution in [0.4, 0.5) is 11.4 Å². The number of carbonyl (C=O) groups is 2. The zero-order chi connectivity index (χ0) is 19.4. The second-order valence-corrected chi connectivity index (χ2v) is 6.36. The fourth-order valence-electron chi connectivity index (χ4n) is 1.94. The van der Waals surface area contributed by atoms with Crippen LogP contribution in [-0.4, -0.2) is 22.9 Å². The van der Waals surface area contributed by atoms with Gasteiger partial charge in [0.05, 0.1) is 15.6 Å². The van der Waals surface area contributed by atoms with E-state index in [0.29, 0.717) is 5.02 Å². The molecule has 1 unspecified atom stereocenters. The number of amides is 1. The molecule has 0 heterocycles. The molecular weight excluding hydrogens is 407 g/mol. The molecule has 7 nitrogen and oxygen atoms in total. The van der Waals surface area contributed by atoms with Crippen molar-refractivity contribution in [2.24, 2.45) is 0 Å². The Morgan fingerprint density at radius 2 is 1.73 bits per heavy atom. The number of anilines is 1. The second kappa shape index (κ2) is 8.35. The molecule has 1 amide bonds. The number of nitro benzene ring substituents is 1. The van der Waals surface area contributed by atoms with Gasteiger partial charge in [-0.3, -0.25) is 14.9 Å². The number of esters is 1. The Labute approximate surface area is 162 Å². The van der Waals surface area contributed by atoms with Gasteiger partial charge in [-0.05, 0) is 37.3 Å². The van der Waals surface area contributed by atoms with Crippen molar-refractivity contribution in [3.05, 3.63) is 67.1 Å². The highest BCUT2D eigenvalue weighted by molar-refractivity contribution is 6.35. The zero-order valence-corrected chi connectivity index (χ0v) is 15.4. The lowest BCUT2D eigenvalue weighted by Gasteiger charge is -2.14. The first-order valence-electron chi connectivity index (χ1n) is 7.10. The average Bonchev–Trinajstić information content (AvgIpc) is 2.57. The Morgan fingerprint density at radius 3 is 2.38 bits per heavy atom. The van der Waals surface area contributed by atoms with Gasteiger partial charge in [0, 0.05) is 16.1 Å². The number of rotatable bonds is 5. The van der Waals surface area contributed by atoms with Gasteiger partial charge in [0.15, 0.2) is 6.10 Å². The summed E-state index contributed by atoms with van der Waals surface area (Å²) in [6.45, 7) is 1.31. The van der Waals surface area contributed by atoms with Crippen LogP contribution in [0.5, 0.6) is 0 Å². The number of ether oxygens (including phenoxy) is 1. The van der Waals surface area contributed by atoms with Crippen LogP contribution in [0, 0.1) is 10.1 Å². The Hall–Kier alpha value is -2.35. The molecule has 0 aromatic heterocycles. The van der Waals surface area contributed by atoms with Crippen LogP contribution in [0.2, 0.25) is 15.1 Å². The third-order valence-corrected chi connectivity index (χ3v) is 4.01. The molecular formula is C16H11Cl3N2O5. The highest BCUT2D eigenvalue weighted by atomic mass is 35.5. The first-order chi connectivity index (χ1) is 12.2. The first kappa shape index (κ1) is 20.0. The van der Waals surface area contributed by atoms with Crippen molar-refractivity contribution in [1.82, 2.24) is 0 Å². The normalized spacial score (nSPS) is 11.5. The monoisotopic (exact) mass is 416 g/mol. The molecule has 2 aromatic rings. The quantitative estimate of drug-likeness (QED) is 0.430. The molecule has 26 heavy (non-hydrogen) atoms. The minimum atomic E-state index is -1.25. The largest absolute Gasteiger partial charge is 0.449 e. The van der Waals surface area contributed by atoms with E-state index in [-0.39, 0.29) is 21.3 Å².